The van der Waals surface area contributed by atoms with Gasteiger partial charge in [-0.05, 0) is 55.7 Å². The van der Waals surface area contributed by atoms with Gasteiger partial charge >= 0.3 is 0 Å². The minimum Gasteiger partial charge on any atom is -0.396 e. The molecule has 0 aromatic carbocycles. The zero-order valence-electron chi connectivity index (χ0n) is 25.5. The van der Waals surface area contributed by atoms with Crippen molar-refractivity contribution in [1.29, 1.82) is 0 Å². The van der Waals surface area contributed by atoms with Crippen molar-refractivity contribution in [1.82, 2.24) is 13.7 Å². The van der Waals surface area contributed by atoms with Crippen LogP contribution in [0.15, 0.2) is 94.3 Å². The molecular formula is C26H45N9O8S2. The SMILES string of the molecule is CS(=O)(=O)OCC[C@@H](COS(C)(=O)=O)n1cccc1.NN=NCC[C@@H](CN=NN)n1cccc1.OCC[C@@H](CO)n1cccc1. The van der Waals surface area contributed by atoms with E-state index in [2.05, 4.69) is 24.9 Å². The Morgan fingerprint density at radius 3 is 1.56 bits per heavy atom. The van der Waals surface area contributed by atoms with E-state index in [1.807, 2.05) is 58.2 Å². The summed E-state index contributed by atoms with van der Waals surface area (Å²) in [5.41, 5.74) is 0. The monoisotopic (exact) mass is 675 g/mol. The van der Waals surface area contributed by atoms with Crippen molar-refractivity contribution >= 4 is 20.2 Å². The van der Waals surface area contributed by atoms with Gasteiger partial charge < -0.3 is 35.6 Å². The number of rotatable bonds is 18. The summed E-state index contributed by atoms with van der Waals surface area (Å²) in [5, 5.41) is 31.5. The van der Waals surface area contributed by atoms with Gasteiger partial charge in [-0.1, -0.05) is 10.4 Å². The molecule has 3 heterocycles. The van der Waals surface area contributed by atoms with Crippen molar-refractivity contribution in [3.63, 3.8) is 0 Å². The first kappa shape index (κ1) is 39.4. The molecule has 3 rings (SSSR count). The van der Waals surface area contributed by atoms with Crippen molar-refractivity contribution in [2.45, 2.75) is 37.4 Å². The van der Waals surface area contributed by atoms with Crippen LogP contribution in [0.25, 0.3) is 0 Å². The number of nitrogens with two attached hydrogens (primary N) is 2. The largest absolute Gasteiger partial charge is 0.396 e. The summed E-state index contributed by atoms with van der Waals surface area (Å²) in [6.45, 7) is 1.19. The summed E-state index contributed by atoms with van der Waals surface area (Å²) >= 11 is 0. The molecule has 0 amide bonds. The van der Waals surface area contributed by atoms with Crippen LogP contribution in [0.5, 0.6) is 0 Å². The summed E-state index contributed by atoms with van der Waals surface area (Å²) in [6, 6.07) is 11.2. The number of hydrogen-bond donors (Lipinski definition) is 4. The average molecular weight is 676 g/mol. The first-order valence-corrected chi connectivity index (χ1v) is 17.5. The third-order valence-electron chi connectivity index (χ3n) is 6.06. The van der Waals surface area contributed by atoms with Gasteiger partial charge in [0.2, 0.25) is 0 Å². The predicted molar refractivity (Wildman–Crippen MR) is 168 cm³/mol. The number of aliphatic hydroxyl groups excluding tert-OH is 2. The smallest absolute Gasteiger partial charge is 0.264 e. The highest BCUT2D eigenvalue weighted by molar-refractivity contribution is 7.86. The molecule has 0 spiro atoms. The number of aromatic nitrogens is 3. The molecule has 0 aliphatic heterocycles. The Balaban J connectivity index is 0.000000350. The number of aliphatic hydroxyl groups is 2. The van der Waals surface area contributed by atoms with Gasteiger partial charge in [0.1, 0.15) is 0 Å². The van der Waals surface area contributed by atoms with Gasteiger partial charge in [-0.2, -0.15) is 27.1 Å². The topological polar surface area (TPSA) is 243 Å². The van der Waals surface area contributed by atoms with Crippen molar-refractivity contribution in [2.24, 2.45) is 32.4 Å². The predicted octanol–water partition coefficient (Wildman–Crippen LogP) is 1.85. The molecule has 0 saturated carbocycles. The molecule has 3 aromatic heterocycles. The molecule has 6 N–H and O–H groups in total. The molecule has 45 heavy (non-hydrogen) atoms. The van der Waals surface area contributed by atoms with Crippen molar-refractivity contribution in [3.05, 3.63) is 73.6 Å². The quantitative estimate of drug-likeness (QED) is 0.0659. The summed E-state index contributed by atoms with van der Waals surface area (Å²) in [6.07, 6.45) is 14.8. The van der Waals surface area contributed by atoms with Crippen LogP contribution in [-0.2, 0) is 28.6 Å². The molecule has 0 bridgehead atoms. The van der Waals surface area contributed by atoms with Gasteiger partial charge in [-0.3, -0.25) is 8.37 Å². The maximum Gasteiger partial charge on any atom is 0.264 e. The summed E-state index contributed by atoms with van der Waals surface area (Å²) < 4.78 is 58.8. The number of hydrogen-bond acceptors (Lipinski definition) is 12. The summed E-state index contributed by atoms with van der Waals surface area (Å²) in [5.74, 6) is 9.90. The van der Waals surface area contributed by atoms with Crippen molar-refractivity contribution in [2.75, 3.05) is 52.0 Å². The minimum absolute atomic E-state index is 0.0231. The molecule has 0 unspecified atom stereocenters. The van der Waals surface area contributed by atoms with Crippen LogP contribution < -0.4 is 11.7 Å². The fraction of sp³-hybridized carbons (Fsp3) is 0.538. The van der Waals surface area contributed by atoms with Gasteiger partial charge in [0.25, 0.3) is 20.2 Å². The summed E-state index contributed by atoms with van der Waals surface area (Å²) in [7, 11) is -7.04. The normalized spacial score (nSPS) is 14.0. The number of nitrogens with zero attached hydrogens (tertiary/aromatic N) is 7. The lowest BCUT2D eigenvalue weighted by Gasteiger charge is -2.18. The Morgan fingerprint density at radius 2 is 1.13 bits per heavy atom. The Morgan fingerprint density at radius 1 is 0.667 bits per heavy atom. The van der Waals surface area contributed by atoms with Crippen molar-refractivity contribution < 1.29 is 35.4 Å². The van der Waals surface area contributed by atoms with E-state index >= 15 is 0 Å². The maximum absolute atomic E-state index is 11.0. The standard InChI is InChI=1S/C10H17NO6S2.C8H15N7.C8H13NO2/c1-18(12,13)16-8-5-10(9-17-19(2,14)15)11-6-3-4-7-11;9-13-11-4-3-8(7-12-14-10)15-5-1-2-6-15;10-6-3-8(7-11)9-4-1-2-5-9/h3-4,6-7,10H,5,8-9H2,1-2H3;1-2,5-6,8H,3-4,7H2,(H2,9,11)(H2,10,12);1-2,4-5,8,10-11H,3,6-7H2/t10-;2*8-/m000/s1. The van der Waals surface area contributed by atoms with E-state index in [1.165, 1.54) is 0 Å². The van der Waals surface area contributed by atoms with Gasteiger partial charge in [0, 0.05) is 43.8 Å². The lowest BCUT2D eigenvalue weighted by atomic mass is 10.2. The van der Waals surface area contributed by atoms with E-state index in [9.17, 15) is 16.8 Å². The van der Waals surface area contributed by atoms with Crippen LogP contribution >= 0.6 is 0 Å². The molecule has 19 heteroatoms. The molecule has 0 aliphatic rings. The van der Waals surface area contributed by atoms with E-state index in [4.69, 9.17) is 26.1 Å². The Kier molecular flexibility index (Phi) is 19.2. The first-order chi connectivity index (χ1) is 21.4. The van der Waals surface area contributed by atoms with E-state index in [-0.39, 0.29) is 44.6 Å². The Bertz CT molecular complexity index is 1400. The molecule has 3 aromatic rings. The van der Waals surface area contributed by atoms with Crippen LogP contribution in [0.1, 0.15) is 37.4 Å². The lowest BCUT2D eigenvalue weighted by Crippen LogP contribution is -2.19. The van der Waals surface area contributed by atoms with Gasteiger partial charge in [0.05, 0.1) is 63.5 Å². The van der Waals surface area contributed by atoms with Gasteiger partial charge in [0.15, 0.2) is 0 Å². The molecule has 0 fully saturated rings. The highest BCUT2D eigenvalue weighted by Gasteiger charge is 2.15. The molecule has 17 nitrogen and oxygen atoms in total. The summed E-state index contributed by atoms with van der Waals surface area (Å²) in [4.78, 5) is 0. The zero-order valence-corrected chi connectivity index (χ0v) is 27.1. The highest BCUT2D eigenvalue weighted by atomic mass is 32.2. The Labute approximate surface area is 264 Å². The molecule has 0 saturated heterocycles. The maximum atomic E-state index is 11.0. The fourth-order valence-electron chi connectivity index (χ4n) is 3.85. The van der Waals surface area contributed by atoms with Crippen molar-refractivity contribution in [3.8, 4) is 0 Å². The third kappa shape index (κ3) is 18.7. The molecule has 254 valence electrons. The second-order valence-corrected chi connectivity index (χ2v) is 12.8. The van der Waals surface area contributed by atoms with Crippen LogP contribution in [0, 0.1) is 0 Å². The lowest BCUT2D eigenvalue weighted by molar-refractivity contribution is 0.186. The van der Waals surface area contributed by atoms with Crippen LogP contribution in [0.3, 0.4) is 0 Å². The molecular weight excluding hydrogens is 630 g/mol. The van der Waals surface area contributed by atoms with E-state index in [0.717, 1.165) is 18.9 Å². The zero-order chi connectivity index (χ0) is 33.6. The van der Waals surface area contributed by atoms with Gasteiger partial charge in [-0.15, -0.1) is 0 Å². The van der Waals surface area contributed by atoms with E-state index < -0.39 is 20.2 Å². The minimum atomic E-state index is -3.54. The third-order valence-corrected chi connectivity index (χ3v) is 7.22. The van der Waals surface area contributed by atoms with Crippen LogP contribution in [-0.4, -0.2) is 92.8 Å². The fourth-order valence-corrected chi connectivity index (χ4v) is 4.66. The second-order valence-electron chi connectivity index (χ2n) is 9.56. The highest BCUT2D eigenvalue weighted by Crippen LogP contribution is 2.15. The van der Waals surface area contributed by atoms with E-state index in [0.29, 0.717) is 25.9 Å². The van der Waals surface area contributed by atoms with Crippen LogP contribution in [0.4, 0.5) is 0 Å². The molecule has 0 aliphatic carbocycles. The van der Waals surface area contributed by atoms with Crippen LogP contribution in [0.2, 0.25) is 0 Å². The second kappa shape index (κ2) is 22.0. The molecule has 3 atom stereocenters. The Hall–Kier alpha value is -3.62. The first-order valence-electron chi connectivity index (χ1n) is 13.8. The average Bonchev–Trinajstić information content (AvgIpc) is 3.79. The van der Waals surface area contributed by atoms with Gasteiger partial charge in [-0.25, -0.2) is 0 Å². The molecule has 0 radical (unpaired) electrons. The van der Waals surface area contributed by atoms with E-state index in [1.54, 1.807) is 29.1 Å².